The fourth-order valence-corrected chi connectivity index (χ4v) is 2.12. The monoisotopic (exact) mass is 299 g/mol. The van der Waals surface area contributed by atoms with Crippen molar-refractivity contribution in [2.45, 2.75) is 19.5 Å². The highest BCUT2D eigenvalue weighted by atomic mass is 35.5. The van der Waals surface area contributed by atoms with Gasteiger partial charge in [0.15, 0.2) is 0 Å². The van der Waals surface area contributed by atoms with E-state index in [1.54, 1.807) is 13.0 Å². The molecule has 0 saturated carbocycles. The first-order valence-corrected chi connectivity index (χ1v) is 6.47. The number of hydrogen-bond acceptors (Lipinski definition) is 1. The van der Waals surface area contributed by atoms with Gasteiger partial charge < -0.3 is 5.32 Å². The van der Waals surface area contributed by atoms with Gasteiger partial charge >= 0.3 is 0 Å². The summed E-state index contributed by atoms with van der Waals surface area (Å²) in [5, 5.41) is 3.33. The van der Waals surface area contributed by atoms with Gasteiger partial charge in [-0.05, 0) is 42.8 Å². The first-order chi connectivity index (χ1) is 9.47. The first-order valence-electron chi connectivity index (χ1n) is 6.09. The highest BCUT2D eigenvalue weighted by molar-refractivity contribution is 6.31. The Labute approximate surface area is 120 Å². The van der Waals surface area contributed by atoms with Crippen molar-refractivity contribution in [2.75, 3.05) is 0 Å². The van der Waals surface area contributed by atoms with Crippen LogP contribution < -0.4 is 5.32 Å². The number of rotatable bonds is 4. The van der Waals surface area contributed by atoms with Crippen LogP contribution in [-0.2, 0) is 6.54 Å². The summed E-state index contributed by atoms with van der Waals surface area (Å²) < 4.78 is 39.6. The molecule has 1 unspecified atom stereocenters. The van der Waals surface area contributed by atoms with E-state index >= 15 is 0 Å². The van der Waals surface area contributed by atoms with Crippen LogP contribution in [0.25, 0.3) is 0 Å². The second-order valence-electron chi connectivity index (χ2n) is 4.50. The fourth-order valence-electron chi connectivity index (χ4n) is 1.88. The van der Waals surface area contributed by atoms with Crippen LogP contribution in [0.4, 0.5) is 13.2 Å². The van der Waals surface area contributed by atoms with Crippen molar-refractivity contribution < 1.29 is 13.2 Å². The molecule has 2 rings (SSSR count). The molecule has 20 heavy (non-hydrogen) atoms. The van der Waals surface area contributed by atoms with Gasteiger partial charge in [0, 0.05) is 23.2 Å². The second-order valence-corrected chi connectivity index (χ2v) is 4.91. The van der Waals surface area contributed by atoms with Gasteiger partial charge in [0.2, 0.25) is 0 Å². The summed E-state index contributed by atoms with van der Waals surface area (Å²) in [5.41, 5.74) is 0.931. The lowest BCUT2D eigenvalue weighted by Gasteiger charge is -2.16. The molecule has 1 nitrogen and oxygen atoms in total. The molecule has 5 heteroatoms. The lowest BCUT2D eigenvalue weighted by Crippen LogP contribution is -2.19. The molecule has 0 aliphatic carbocycles. The predicted molar refractivity (Wildman–Crippen MR) is 73.0 cm³/mol. The zero-order valence-corrected chi connectivity index (χ0v) is 11.5. The largest absolute Gasteiger partial charge is 0.306 e. The molecular formula is C15H13ClF3N. The van der Waals surface area contributed by atoms with Crippen molar-refractivity contribution in [2.24, 2.45) is 0 Å². The van der Waals surface area contributed by atoms with Crippen molar-refractivity contribution >= 4 is 11.6 Å². The molecule has 2 aromatic carbocycles. The molecular weight excluding hydrogens is 287 g/mol. The van der Waals surface area contributed by atoms with Crippen molar-refractivity contribution in [1.82, 2.24) is 5.32 Å². The van der Waals surface area contributed by atoms with E-state index < -0.39 is 23.5 Å². The molecule has 0 radical (unpaired) electrons. The van der Waals surface area contributed by atoms with Gasteiger partial charge in [0.1, 0.15) is 17.5 Å². The molecule has 0 aliphatic heterocycles. The van der Waals surface area contributed by atoms with Gasteiger partial charge in [-0.25, -0.2) is 13.2 Å². The van der Waals surface area contributed by atoms with E-state index in [2.05, 4.69) is 5.32 Å². The quantitative estimate of drug-likeness (QED) is 0.869. The Hall–Kier alpha value is -1.52. The molecule has 1 N–H and O–H groups in total. The molecule has 0 fully saturated rings. The van der Waals surface area contributed by atoms with Crippen molar-refractivity contribution in [3.05, 3.63) is 70.0 Å². The van der Waals surface area contributed by atoms with Crippen molar-refractivity contribution in [3.63, 3.8) is 0 Å². The molecule has 0 amide bonds. The molecule has 0 aliphatic rings. The van der Waals surface area contributed by atoms with E-state index in [1.807, 2.05) is 0 Å². The van der Waals surface area contributed by atoms with Crippen LogP contribution in [0.15, 0.2) is 36.4 Å². The Morgan fingerprint density at radius 1 is 1.05 bits per heavy atom. The average molecular weight is 300 g/mol. The Balaban J connectivity index is 2.08. The van der Waals surface area contributed by atoms with Crippen LogP contribution in [0.1, 0.15) is 24.1 Å². The van der Waals surface area contributed by atoms with Gasteiger partial charge in [-0.15, -0.1) is 0 Å². The van der Waals surface area contributed by atoms with Crippen molar-refractivity contribution in [1.29, 1.82) is 0 Å². The number of hydrogen-bond donors (Lipinski definition) is 1. The summed E-state index contributed by atoms with van der Waals surface area (Å²) in [5.74, 6) is -1.38. The van der Waals surface area contributed by atoms with Crippen LogP contribution in [0.2, 0.25) is 5.02 Å². The Morgan fingerprint density at radius 2 is 1.70 bits per heavy atom. The maximum Gasteiger partial charge on any atom is 0.128 e. The van der Waals surface area contributed by atoms with E-state index in [0.717, 1.165) is 18.2 Å². The molecule has 2 aromatic rings. The van der Waals surface area contributed by atoms with Crippen LogP contribution in [-0.4, -0.2) is 0 Å². The molecule has 0 bridgehead atoms. The summed E-state index contributed by atoms with van der Waals surface area (Å²) in [6.07, 6.45) is 0. The molecule has 0 heterocycles. The molecule has 0 aromatic heterocycles. The zero-order valence-electron chi connectivity index (χ0n) is 10.8. The highest BCUT2D eigenvalue weighted by Gasteiger charge is 2.12. The van der Waals surface area contributed by atoms with E-state index in [0.29, 0.717) is 17.1 Å². The molecule has 106 valence electrons. The van der Waals surface area contributed by atoms with Crippen LogP contribution in [0.3, 0.4) is 0 Å². The van der Waals surface area contributed by atoms with Gasteiger partial charge in [0.25, 0.3) is 0 Å². The topological polar surface area (TPSA) is 12.0 Å². The van der Waals surface area contributed by atoms with E-state index in [4.69, 9.17) is 11.6 Å². The lowest BCUT2D eigenvalue weighted by atomic mass is 10.1. The standard InChI is InChI=1S/C15H13ClF3N/c1-9(13-6-11(17)4-5-15(13)19)20-8-10-2-3-12(18)7-14(10)16/h2-7,9,20H,8H2,1H3. The Morgan fingerprint density at radius 3 is 2.40 bits per heavy atom. The summed E-state index contributed by atoms with van der Waals surface area (Å²) in [6, 6.07) is 6.99. The molecule has 0 spiro atoms. The third kappa shape index (κ3) is 3.52. The van der Waals surface area contributed by atoms with E-state index in [-0.39, 0.29) is 5.56 Å². The maximum absolute atomic E-state index is 13.6. The van der Waals surface area contributed by atoms with Gasteiger partial charge in [-0.1, -0.05) is 17.7 Å². The van der Waals surface area contributed by atoms with Crippen molar-refractivity contribution in [3.8, 4) is 0 Å². The number of halogens is 4. The summed E-state index contributed by atoms with van der Waals surface area (Å²) in [6.45, 7) is 2.05. The van der Waals surface area contributed by atoms with Crippen LogP contribution >= 0.6 is 11.6 Å². The van der Waals surface area contributed by atoms with E-state index in [1.165, 1.54) is 12.1 Å². The Bertz CT molecular complexity index is 616. The summed E-state index contributed by atoms with van der Waals surface area (Å²) in [4.78, 5) is 0. The number of benzene rings is 2. The third-order valence-corrected chi connectivity index (χ3v) is 3.39. The SMILES string of the molecule is CC(NCc1ccc(F)cc1Cl)c1cc(F)ccc1F. The normalized spacial score (nSPS) is 12.4. The maximum atomic E-state index is 13.6. The predicted octanol–water partition coefficient (Wildman–Crippen LogP) is 4.61. The van der Waals surface area contributed by atoms with Gasteiger partial charge in [0.05, 0.1) is 0 Å². The minimum absolute atomic E-state index is 0.239. The number of nitrogens with one attached hydrogen (secondary N) is 1. The van der Waals surface area contributed by atoms with Gasteiger partial charge in [-0.3, -0.25) is 0 Å². The first kappa shape index (κ1) is 14.9. The third-order valence-electron chi connectivity index (χ3n) is 3.04. The smallest absolute Gasteiger partial charge is 0.128 e. The molecule has 1 atom stereocenters. The second kappa shape index (κ2) is 6.29. The fraction of sp³-hybridized carbons (Fsp3) is 0.200. The average Bonchev–Trinajstić information content (AvgIpc) is 2.40. The van der Waals surface area contributed by atoms with Crippen LogP contribution in [0, 0.1) is 17.5 Å². The molecule has 0 saturated heterocycles. The van der Waals surface area contributed by atoms with Crippen LogP contribution in [0.5, 0.6) is 0 Å². The lowest BCUT2D eigenvalue weighted by molar-refractivity contribution is 0.518. The minimum Gasteiger partial charge on any atom is -0.306 e. The zero-order chi connectivity index (χ0) is 14.7. The summed E-state index contributed by atoms with van der Waals surface area (Å²) >= 11 is 5.90. The van der Waals surface area contributed by atoms with E-state index in [9.17, 15) is 13.2 Å². The highest BCUT2D eigenvalue weighted by Crippen LogP contribution is 2.21. The Kier molecular flexibility index (Phi) is 4.68. The minimum atomic E-state index is -0.491. The van der Waals surface area contributed by atoms with Gasteiger partial charge in [-0.2, -0.15) is 0 Å². The summed E-state index contributed by atoms with van der Waals surface area (Å²) in [7, 11) is 0.